The van der Waals surface area contributed by atoms with Crippen LogP contribution in [0.25, 0.3) is 0 Å². The number of nitrogens with zero attached hydrogens (tertiary/aromatic N) is 1. The lowest BCUT2D eigenvalue weighted by atomic mass is 10.1. The molecule has 0 rings (SSSR count). The van der Waals surface area contributed by atoms with E-state index >= 15 is 0 Å². The molecule has 0 saturated heterocycles. The molecule has 7 nitrogen and oxygen atoms in total. The van der Waals surface area contributed by atoms with Crippen LogP contribution in [0.15, 0.2) is 12.2 Å². The van der Waals surface area contributed by atoms with Crippen molar-refractivity contribution in [1.82, 2.24) is 0 Å². The minimum atomic E-state index is -1.18. The molecule has 0 fully saturated rings. The lowest BCUT2D eigenvalue weighted by Crippen LogP contribution is -2.53. The van der Waals surface area contributed by atoms with Gasteiger partial charge in [0.05, 0.1) is 39.0 Å². The van der Waals surface area contributed by atoms with Crippen molar-refractivity contribution in [2.45, 2.75) is 116 Å². The molecule has 0 aliphatic heterocycles. The van der Waals surface area contributed by atoms with E-state index in [0.29, 0.717) is 6.54 Å². The molecule has 7 heteroatoms. The number of aliphatic carboxylic acids is 3. The minimum Gasteiger partial charge on any atom is -0.550 e. The normalized spacial score (nSPS) is 11.8. The predicted molar refractivity (Wildman–Crippen MR) is 133 cm³/mol. The van der Waals surface area contributed by atoms with Gasteiger partial charge in [0.25, 0.3) is 0 Å². The predicted octanol–water partition coefficient (Wildman–Crippen LogP) is 4.93. The van der Waals surface area contributed by atoms with Crippen molar-refractivity contribution in [3.8, 4) is 0 Å². The summed E-state index contributed by atoms with van der Waals surface area (Å²) in [4.78, 5) is 33.2. The van der Waals surface area contributed by atoms with Gasteiger partial charge in [-0.3, -0.25) is 9.59 Å². The fourth-order valence-corrected chi connectivity index (χ4v) is 4.36. The van der Waals surface area contributed by atoms with Gasteiger partial charge in [-0.2, -0.15) is 0 Å². The Morgan fingerprint density at radius 1 is 0.618 bits per heavy atom. The fourth-order valence-electron chi connectivity index (χ4n) is 4.36. The Labute approximate surface area is 206 Å². The molecule has 0 atom stereocenters. The van der Waals surface area contributed by atoms with Gasteiger partial charge in [-0.25, -0.2) is 0 Å². The van der Waals surface area contributed by atoms with Gasteiger partial charge >= 0.3 is 11.9 Å². The molecule has 0 radical (unpaired) electrons. The highest BCUT2D eigenvalue weighted by atomic mass is 16.4. The van der Waals surface area contributed by atoms with Gasteiger partial charge < -0.3 is 24.6 Å². The van der Waals surface area contributed by atoms with Gasteiger partial charge in [0, 0.05) is 12.4 Å². The molecule has 0 spiro atoms. The summed E-state index contributed by atoms with van der Waals surface area (Å²) in [5.41, 5.74) is 0. The number of carboxylic acid groups (broad SMARTS) is 3. The van der Waals surface area contributed by atoms with Gasteiger partial charge in [-0.05, 0) is 38.5 Å². The second kappa shape index (κ2) is 21.6. The van der Waals surface area contributed by atoms with Crippen molar-refractivity contribution in [1.29, 1.82) is 0 Å². The molecule has 0 amide bonds. The third-order valence-corrected chi connectivity index (χ3v) is 6.53. The monoisotopic (exact) mass is 483 g/mol. The molecule has 0 aliphatic rings. The number of allylic oxidation sites excluding steroid dienone is 2. The first kappa shape index (κ1) is 32.1. The van der Waals surface area contributed by atoms with Crippen LogP contribution in [0.1, 0.15) is 116 Å². The molecule has 0 saturated carbocycles. The van der Waals surface area contributed by atoms with E-state index in [1.54, 1.807) is 0 Å². The summed E-state index contributed by atoms with van der Waals surface area (Å²) in [5, 5.41) is 29.2. The Bertz CT molecular complexity index is 530. The first-order valence-electron chi connectivity index (χ1n) is 13.4. The summed E-state index contributed by atoms with van der Waals surface area (Å²) < 4.78 is 0.221. The van der Waals surface area contributed by atoms with Crippen LogP contribution in [0.5, 0.6) is 0 Å². The lowest BCUT2D eigenvalue weighted by Gasteiger charge is -2.38. The molecule has 0 heterocycles. The van der Waals surface area contributed by atoms with Gasteiger partial charge in [-0.1, -0.05) is 70.4 Å². The van der Waals surface area contributed by atoms with E-state index in [4.69, 9.17) is 10.2 Å². The molecular formula is C27H49NO6. The summed E-state index contributed by atoms with van der Waals surface area (Å²) in [6.45, 7) is 3.57. The molecule has 0 unspecified atom stereocenters. The average molecular weight is 484 g/mol. The number of quaternary nitrogens is 1. The van der Waals surface area contributed by atoms with Crippen LogP contribution in [0.3, 0.4) is 0 Å². The number of carbonyl (C=O) groups excluding carboxylic acids is 1. The van der Waals surface area contributed by atoms with E-state index in [-0.39, 0.29) is 43.4 Å². The maximum absolute atomic E-state index is 11.1. The summed E-state index contributed by atoms with van der Waals surface area (Å²) in [6.07, 6.45) is 21.0. The van der Waals surface area contributed by atoms with Crippen LogP contribution in [-0.2, 0) is 14.4 Å². The van der Waals surface area contributed by atoms with Gasteiger partial charge in [0.15, 0.2) is 0 Å². The summed E-state index contributed by atoms with van der Waals surface area (Å²) in [5.74, 6) is -3.09. The summed E-state index contributed by atoms with van der Waals surface area (Å²) >= 11 is 0. The van der Waals surface area contributed by atoms with E-state index in [1.165, 1.54) is 64.2 Å². The topological polar surface area (TPSA) is 115 Å². The van der Waals surface area contributed by atoms with Crippen LogP contribution in [0.4, 0.5) is 0 Å². The third-order valence-electron chi connectivity index (χ3n) is 6.53. The molecule has 0 aromatic rings. The maximum atomic E-state index is 11.1. The minimum absolute atomic E-state index is 0.0965. The highest BCUT2D eigenvalue weighted by molar-refractivity contribution is 5.67. The molecule has 2 N–H and O–H groups in total. The number of rotatable bonds is 25. The zero-order valence-electron chi connectivity index (χ0n) is 21.5. The molecule has 0 aromatic carbocycles. The average Bonchev–Trinajstić information content (AvgIpc) is 2.79. The van der Waals surface area contributed by atoms with E-state index in [0.717, 1.165) is 25.7 Å². The summed E-state index contributed by atoms with van der Waals surface area (Å²) in [6, 6.07) is 0. The van der Waals surface area contributed by atoms with Crippen molar-refractivity contribution in [3.05, 3.63) is 12.2 Å². The Hall–Kier alpha value is -1.89. The Morgan fingerprint density at radius 3 is 1.47 bits per heavy atom. The molecular weight excluding hydrogens is 434 g/mol. The van der Waals surface area contributed by atoms with Crippen LogP contribution >= 0.6 is 0 Å². The van der Waals surface area contributed by atoms with Crippen LogP contribution < -0.4 is 5.11 Å². The van der Waals surface area contributed by atoms with Crippen molar-refractivity contribution >= 4 is 17.9 Å². The molecule has 34 heavy (non-hydrogen) atoms. The van der Waals surface area contributed by atoms with E-state index < -0.39 is 17.9 Å². The van der Waals surface area contributed by atoms with E-state index in [2.05, 4.69) is 19.1 Å². The van der Waals surface area contributed by atoms with Crippen LogP contribution in [0.2, 0.25) is 0 Å². The smallest absolute Gasteiger partial charge is 0.309 e. The van der Waals surface area contributed by atoms with E-state index in [9.17, 15) is 19.5 Å². The first-order chi connectivity index (χ1) is 16.3. The lowest BCUT2D eigenvalue weighted by molar-refractivity contribution is -0.927. The maximum Gasteiger partial charge on any atom is 0.309 e. The molecule has 198 valence electrons. The number of hydrogen-bond acceptors (Lipinski definition) is 4. The Morgan fingerprint density at radius 2 is 1.03 bits per heavy atom. The fraction of sp³-hybridized carbons (Fsp3) is 0.815. The van der Waals surface area contributed by atoms with Crippen molar-refractivity contribution < 1.29 is 34.2 Å². The number of carboxylic acids is 3. The van der Waals surface area contributed by atoms with Crippen LogP contribution in [0, 0.1) is 0 Å². The highest BCUT2D eigenvalue weighted by Crippen LogP contribution is 2.17. The standard InChI is InChI=1S/C27H49NO6/c1-2-3-4-5-6-7-8-9-10-11-12-13-14-15-16-17-21-28(22-18-25(29)30,23-19-26(31)32)24-20-27(33)34/h7-8H,2-6,9-24H2,1H3,(H2-,29,30,31,32,33,34)/b8-7+. The quantitative estimate of drug-likeness (QED) is 0.108. The number of unbranched alkanes of at least 4 members (excludes halogenated alkanes) is 12. The van der Waals surface area contributed by atoms with Gasteiger partial charge in [0.1, 0.15) is 0 Å². The molecule has 0 aliphatic carbocycles. The van der Waals surface area contributed by atoms with Crippen LogP contribution in [-0.4, -0.2) is 58.8 Å². The van der Waals surface area contributed by atoms with Gasteiger partial charge in [0.2, 0.25) is 0 Å². The summed E-state index contributed by atoms with van der Waals surface area (Å²) in [7, 11) is 0. The zero-order valence-corrected chi connectivity index (χ0v) is 21.5. The second-order valence-corrected chi connectivity index (χ2v) is 9.58. The largest absolute Gasteiger partial charge is 0.550 e. The second-order valence-electron chi connectivity index (χ2n) is 9.58. The van der Waals surface area contributed by atoms with Crippen molar-refractivity contribution in [2.24, 2.45) is 0 Å². The number of carbonyl (C=O) groups is 3. The van der Waals surface area contributed by atoms with Crippen molar-refractivity contribution in [2.75, 3.05) is 26.2 Å². The third kappa shape index (κ3) is 20.7. The molecule has 0 aromatic heterocycles. The SMILES string of the molecule is CCCCCC/C=C/CCCCCCCCCC[N+](CCC(=O)[O-])(CCC(=O)O)CCC(=O)O. The zero-order chi connectivity index (χ0) is 25.5. The molecule has 0 bridgehead atoms. The highest BCUT2D eigenvalue weighted by Gasteiger charge is 2.28. The Kier molecular flexibility index (Phi) is 20.4. The van der Waals surface area contributed by atoms with Crippen molar-refractivity contribution in [3.63, 3.8) is 0 Å². The first-order valence-corrected chi connectivity index (χ1v) is 13.4. The van der Waals surface area contributed by atoms with Gasteiger partial charge in [-0.15, -0.1) is 0 Å². The number of hydrogen-bond donors (Lipinski definition) is 2. The Balaban J connectivity index is 4.11. The van der Waals surface area contributed by atoms with E-state index in [1.807, 2.05) is 0 Å².